The van der Waals surface area contributed by atoms with E-state index in [1.165, 1.54) is 0 Å². The second kappa shape index (κ2) is 5.35. The van der Waals surface area contributed by atoms with Crippen molar-refractivity contribution in [2.75, 3.05) is 0 Å². The maximum absolute atomic E-state index is 9.50. The molecule has 0 aliphatic carbocycles. The molecule has 1 heterocycles. The summed E-state index contributed by atoms with van der Waals surface area (Å²) in [5.41, 5.74) is 3.09. The number of nitrogens with zero attached hydrogens (tertiary/aromatic N) is 1. The number of H-pyrrole nitrogens is 1. The van der Waals surface area contributed by atoms with Crippen molar-refractivity contribution in [3.8, 4) is 5.75 Å². The first-order valence-electron chi connectivity index (χ1n) is 6.68. The number of benzene rings is 2. The molecule has 0 saturated carbocycles. The van der Waals surface area contributed by atoms with Gasteiger partial charge in [-0.15, -0.1) is 0 Å². The second-order valence-electron chi connectivity index (χ2n) is 4.90. The van der Waals surface area contributed by atoms with Crippen molar-refractivity contribution < 1.29 is 5.11 Å². The van der Waals surface area contributed by atoms with Gasteiger partial charge in [0.05, 0.1) is 17.6 Å². The summed E-state index contributed by atoms with van der Waals surface area (Å²) in [5, 5.41) is 12.9. The molecule has 3 aromatic rings. The highest BCUT2D eigenvalue weighted by Gasteiger charge is 2.07. The third-order valence-corrected chi connectivity index (χ3v) is 3.38. The second-order valence-corrected chi connectivity index (χ2v) is 4.90. The van der Waals surface area contributed by atoms with Crippen molar-refractivity contribution in [3.63, 3.8) is 0 Å². The Morgan fingerprint density at radius 2 is 2.05 bits per heavy atom. The van der Waals surface area contributed by atoms with E-state index in [0.29, 0.717) is 12.3 Å². The highest BCUT2D eigenvalue weighted by atomic mass is 16.3. The predicted molar refractivity (Wildman–Crippen MR) is 79.5 cm³/mol. The molecule has 4 heteroatoms. The number of aromatic hydroxyl groups is 1. The fourth-order valence-electron chi connectivity index (χ4n) is 2.25. The molecule has 0 aliphatic heterocycles. The zero-order chi connectivity index (χ0) is 13.9. The molecule has 1 aromatic heterocycles. The van der Waals surface area contributed by atoms with Gasteiger partial charge in [0.2, 0.25) is 0 Å². The molecule has 3 rings (SSSR count). The van der Waals surface area contributed by atoms with E-state index in [0.717, 1.165) is 22.4 Å². The summed E-state index contributed by atoms with van der Waals surface area (Å²) in [4.78, 5) is 7.82. The number of aromatic nitrogens is 2. The minimum atomic E-state index is 0.148. The normalized spacial score (nSPS) is 12.7. The summed E-state index contributed by atoms with van der Waals surface area (Å²) >= 11 is 0. The van der Waals surface area contributed by atoms with Gasteiger partial charge in [0.25, 0.3) is 0 Å². The van der Waals surface area contributed by atoms with Crippen molar-refractivity contribution >= 4 is 11.0 Å². The number of hydrogen-bond acceptors (Lipinski definition) is 3. The number of hydrogen-bond donors (Lipinski definition) is 3. The first-order valence-corrected chi connectivity index (χ1v) is 6.68. The van der Waals surface area contributed by atoms with Crippen LogP contribution in [0.25, 0.3) is 11.0 Å². The Morgan fingerprint density at radius 1 is 1.20 bits per heavy atom. The fourth-order valence-corrected chi connectivity index (χ4v) is 2.25. The molecule has 0 radical (unpaired) electrons. The van der Waals surface area contributed by atoms with Crippen molar-refractivity contribution in [3.05, 3.63) is 59.9 Å². The van der Waals surface area contributed by atoms with Crippen molar-refractivity contribution in [1.82, 2.24) is 15.3 Å². The average molecular weight is 267 g/mol. The molecule has 1 unspecified atom stereocenters. The molecule has 0 amide bonds. The lowest BCUT2D eigenvalue weighted by atomic mass is 10.1. The number of para-hydroxylation sites is 2. The summed E-state index contributed by atoms with van der Waals surface area (Å²) in [5.74, 6) is 1.21. The van der Waals surface area contributed by atoms with E-state index in [9.17, 15) is 5.11 Å². The van der Waals surface area contributed by atoms with E-state index < -0.39 is 0 Å². The zero-order valence-electron chi connectivity index (χ0n) is 11.3. The van der Waals surface area contributed by atoms with Crippen LogP contribution >= 0.6 is 0 Å². The van der Waals surface area contributed by atoms with Gasteiger partial charge in [-0.2, -0.15) is 0 Å². The maximum atomic E-state index is 9.50. The monoisotopic (exact) mass is 267 g/mol. The number of rotatable bonds is 4. The number of phenolic OH excluding ortho intramolecular Hbond substituents is 1. The lowest BCUT2D eigenvalue weighted by Gasteiger charge is -2.13. The van der Waals surface area contributed by atoms with Gasteiger partial charge in [0.1, 0.15) is 11.6 Å². The number of fused-ring (bicyclic) bond motifs is 1. The van der Waals surface area contributed by atoms with E-state index in [-0.39, 0.29) is 6.04 Å². The third-order valence-electron chi connectivity index (χ3n) is 3.38. The van der Waals surface area contributed by atoms with E-state index in [4.69, 9.17) is 0 Å². The van der Waals surface area contributed by atoms with Crippen LogP contribution in [0.3, 0.4) is 0 Å². The van der Waals surface area contributed by atoms with Gasteiger partial charge in [0, 0.05) is 6.04 Å². The SMILES string of the molecule is CC(NCc1nc2ccccc2[nH]1)c1cccc(O)c1. The largest absolute Gasteiger partial charge is 0.508 e. The van der Waals surface area contributed by atoms with E-state index in [1.807, 2.05) is 36.4 Å². The quantitative estimate of drug-likeness (QED) is 0.680. The molecule has 102 valence electrons. The Balaban J connectivity index is 1.69. The molecule has 2 aromatic carbocycles. The number of nitrogens with one attached hydrogen (secondary N) is 2. The molecular formula is C16H17N3O. The summed E-state index contributed by atoms with van der Waals surface area (Å²) < 4.78 is 0. The molecule has 0 aliphatic rings. The van der Waals surface area contributed by atoms with Crippen LogP contribution in [0.4, 0.5) is 0 Å². The molecule has 3 N–H and O–H groups in total. The molecule has 20 heavy (non-hydrogen) atoms. The van der Waals surface area contributed by atoms with E-state index in [1.54, 1.807) is 12.1 Å². The van der Waals surface area contributed by atoms with E-state index in [2.05, 4.69) is 22.2 Å². The highest BCUT2D eigenvalue weighted by molar-refractivity contribution is 5.74. The van der Waals surface area contributed by atoms with Crippen molar-refractivity contribution in [2.24, 2.45) is 0 Å². The van der Waals surface area contributed by atoms with Crippen LogP contribution < -0.4 is 5.32 Å². The van der Waals surface area contributed by atoms with Crippen LogP contribution in [-0.4, -0.2) is 15.1 Å². The Labute approximate surface area is 117 Å². The van der Waals surface area contributed by atoms with Crippen molar-refractivity contribution in [1.29, 1.82) is 0 Å². The van der Waals surface area contributed by atoms with Gasteiger partial charge in [-0.25, -0.2) is 4.98 Å². The minimum Gasteiger partial charge on any atom is -0.508 e. The Morgan fingerprint density at radius 3 is 2.85 bits per heavy atom. The van der Waals surface area contributed by atoms with Crippen LogP contribution in [0.1, 0.15) is 24.4 Å². The van der Waals surface area contributed by atoms with Gasteiger partial charge < -0.3 is 15.4 Å². The maximum Gasteiger partial charge on any atom is 0.121 e. The zero-order valence-corrected chi connectivity index (χ0v) is 11.3. The molecular weight excluding hydrogens is 250 g/mol. The molecule has 0 spiro atoms. The van der Waals surface area contributed by atoms with Gasteiger partial charge >= 0.3 is 0 Å². The summed E-state index contributed by atoms with van der Waals surface area (Å²) in [6, 6.07) is 15.4. The molecule has 0 saturated heterocycles. The van der Waals surface area contributed by atoms with Crippen LogP contribution in [0.15, 0.2) is 48.5 Å². The average Bonchev–Trinajstić information content (AvgIpc) is 2.87. The molecule has 1 atom stereocenters. The van der Waals surface area contributed by atoms with Crippen LogP contribution in [0, 0.1) is 0 Å². The van der Waals surface area contributed by atoms with Gasteiger partial charge in [0.15, 0.2) is 0 Å². The summed E-state index contributed by atoms with van der Waals surface area (Å²) in [6.07, 6.45) is 0. The highest BCUT2D eigenvalue weighted by Crippen LogP contribution is 2.18. The van der Waals surface area contributed by atoms with E-state index >= 15 is 0 Å². The number of aromatic amines is 1. The predicted octanol–water partition coefficient (Wildman–Crippen LogP) is 3.12. The Hall–Kier alpha value is -2.33. The Bertz CT molecular complexity index is 687. The first-order chi connectivity index (χ1) is 9.72. The van der Waals surface area contributed by atoms with Crippen LogP contribution in [-0.2, 0) is 6.54 Å². The van der Waals surface area contributed by atoms with Crippen LogP contribution in [0.2, 0.25) is 0 Å². The lowest BCUT2D eigenvalue weighted by Crippen LogP contribution is -2.18. The standard InChI is InChI=1S/C16H17N3O/c1-11(12-5-4-6-13(20)9-12)17-10-16-18-14-7-2-3-8-15(14)19-16/h2-9,11,17,20H,10H2,1H3,(H,18,19). The van der Waals surface area contributed by atoms with Gasteiger partial charge in [-0.1, -0.05) is 24.3 Å². The summed E-state index contributed by atoms with van der Waals surface area (Å²) in [7, 11) is 0. The van der Waals surface area contributed by atoms with Gasteiger partial charge in [-0.05, 0) is 36.8 Å². The third kappa shape index (κ3) is 2.65. The molecule has 0 fully saturated rings. The molecule has 0 bridgehead atoms. The molecule has 4 nitrogen and oxygen atoms in total. The smallest absolute Gasteiger partial charge is 0.121 e. The fraction of sp³-hybridized carbons (Fsp3) is 0.188. The number of imidazole rings is 1. The van der Waals surface area contributed by atoms with Gasteiger partial charge in [-0.3, -0.25) is 0 Å². The Kier molecular flexibility index (Phi) is 3.39. The first kappa shape index (κ1) is 12.7. The van der Waals surface area contributed by atoms with Crippen LogP contribution in [0.5, 0.6) is 5.75 Å². The minimum absolute atomic E-state index is 0.148. The number of phenols is 1. The summed E-state index contributed by atoms with van der Waals surface area (Å²) in [6.45, 7) is 2.73. The lowest BCUT2D eigenvalue weighted by molar-refractivity contribution is 0.472. The van der Waals surface area contributed by atoms with Crippen molar-refractivity contribution in [2.45, 2.75) is 19.5 Å². The topological polar surface area (TPSA) is 60.9 Å².